The highest BCUT2D eigenvalue weighted by atomic mass is 35.5. The van der Waals surface area contributed by atoms with E-state index in [1.54, 1.807) is 18.2 Å². The minimum absolute atomic E-state index is 0.112. The molecule has 0 N–H and O–H groups in total. The molecule has 0 spiro atoms. The Bertz CT molecular complexity index is 1110. The van der Waals surface area contributed by atoms with Gasteiger partial charge in [0.1, 0.15) is 0 Å². The van der Waals surface area contributed by atoms with Crippen molar-refractivity contribution in [3.8, 4) is 0 Å². The maximum Gasteiger partial charge on any atom is 0.164 e. The van der Waals surface area contributed by atoms with E-state index >= 15 is 0 Å². The van der Waals surface area contributed by atoms with Crippen molar-refractivity contribution in [2.75, 3.05) is 12.8 Å². The zero-order valence-electron chi connectivity index (χ0n) is 16.1. The van der Waals surface area contributed by atoms with Gasteiger partial charge < -0.3 is 4.90 Å². The molecule has 0 aliphatic carbocycles. The molecule has 0 aromatic heterocycles. The van der Waals surface area contributed by atoms with Crippen LogP contribution >= 0.6 is 11.6 Å². The van der Waals surface area contributed by atoms with Crippen LogP contribution in [0.2, 0.25) is 5.02 Å². The maximum absolute atomic E-state index is 13.0. The van der Waals surface area contributed by atoms with Crippen molar-refractivity contribution < 1.29 is 8.42 Å². The topological polar surface area (TPSA) is 37.4 Å². The third-order valence-electron chi connectivity index (χ3n) is 5.67. The predicted molar refractivity (Wildman–Crippen MR) is 119 cm³/mol. The molecule has 1 atom stereocenters. The van der Waals surface area contributed by atoms with E-state index in [4.69, 9.17) is 11.6 Å². The summed E-state index contributed by atoms with van der Waals surface area (Å²) < 4.78 is 24.8. The number of hydrogen-bond acceptors (Lipinski definition) is 3. The van der Waals surface area contributed by atoms with Crippen molar-refractivity contribution in [2.24, 2.45) is 0 Å². The van der Waals surface area contributed by atoms with Crippen LogP contribution in [0.4, 0.5) is 0 Å². The largest absolute Gasteiger partial charge is 0.360 e. The molecule has 1 fully saturated rings. The standard InChI is InChI=1S/C24H22ClNO2S/c1-18-24(29(2,27)28,21-14-9-15-22(25)16-21)17-26(18)23(19-10-5-3-6-11-19)20-12-7-4-8-13-20/h3-16,23H,1,17H2,2H3. The molecule has 1 aliphatic rings. The lowest BCUT2D eigenvalue weighted by molar-refractivity contribution is 0.158. The molecule has 3 nitrogen and oxygen atoms in total. The van der Waals surface area contributed by atoms with Crippen molar-refractivity contribution in [2.45, 2.75) is 10.8 Å². The Morgan fingerprint density at radius 2 is 1.48 bits per heavy atom. The van der Waals surface area contributed by atoms with E-state index in [9.17, 15) is 8.42 Å². The van der Waals surface area contributed by atoms with Gasteiger partial charge in [-0.25, -0.2) is 8.42 Å². The first-order valence-corrected chi connectivity index (χ1v) is 11.6. The second-order valence-corrected chi connectivity index (χ2v) is 10.1. The summed E-state index contributed by atoms with van der Waals surface area (Å²) in [5.41, 5.74) is 3.41. The van der Waals surface area contributed by atoms with Gasteiger partial charge in [0, 0.05) is 23.5 Å². The number of hydrogen-bond donors (Lipinski definition) is 0. The second kappa shape index (κ2) is 7.36. The van der Waals surface area contributed by atoms with E-state index in [-0.39, 0.29) is 6.04 Å². The van der Waals surface area contributed by atoms with Crippen LogP contribution in [0.5, 0.6) is 0 Å². The summed E-state index contributed by atoms with van der Waals surface area (Å²) in [6.45, 7) is 4.56. The Morgan fingerprint density at radius 1 is 0.931 bits per heavy atom. The van der Waals surface area contributed by atoms with Gasteiger partial charge in [-0.2, -0.15) is 0 Å². The van der Waals surface area contributed by atoms with E-state index < -0.39 is 14.6 Å². The molecule has 5 heteroatoms. The first kappa shape index (κ1) is 19.7. The minimum atomic E-state index is -3.48. The van der Waals surface area contributed by atoms with Crippen LogP contribution in [-0.4, -0.2) is 26.1 Å². The van der Waals surface area contributed by atoms with Gasteiger partial charge in [0.2, 0.25) is 0 Å². The smallest absolute Gasteiger partial charge is 0.164 e. The normalized spacial score (nSPS) is 19.3. The minimum Gasteiger partial charge on any atom is -0.360 e. The van der Waals surface area contributed by atoms with Gasteiger partial charge in [-0.1, -0.05) is 91.0 Å². The maximum atomic E-state index is 13.0. The van der Waals surface area contributed by atoms with Gasteiger partial charge in [0.25, 0.3) is 0 Å². The summed E-state index contributed by atoms with van der Waals surface area (Å²) in [7, 11) is -3.48. The van der Waals surface area contributed by atoms with Crippen LogP contribution in [0.3, 0.4) is 0 Å². The third kappa shape index (κ3) is 3.26. The van der Waals surface area contributed by atoms with E-state index in [0.717, 1.165) is 11.1 Å². The molecule has 3 aromatic rings. The summed E-state index contributed by atoms with van der Waals surface area (Å²) in [4.78, 5) is 2.08. The summed E-state index contributed by atoms with van der Waals surface area (Å²) in [6, 6.07) is 27.1. The molecule has 1 unspecified atom stereocenters. The summed E-state index contributed by atoms with van der Waals surface area (Å²) in [6.07, 6.45) is 1.27. The molecule has 148 valence electrons. The Kier molecular flexibility index (Phi) is 5.01. The molecule has 0 amide bonds. The molecule has 29 heavy (non-hydrogen) atoms. The van der Waals surface area contributed by atoms with E-state index in [1.165, 1.54) is 6.26 Å². The molecule has 3 aromatic carbocycles. The van der Waals surface area contributed by atoms with Crippen LogP contribution in [0.15, 0.2) is 97.2 Å². The zero-order chi connectivity index (χ0) is 20.6. The highest BCUT2D eigenvalue weighted by molar-refractivity contribution is 7.92. The number of likely N-dealkylation sites (tertiary alicyclic amines) is 1. The average molecular weight is 424 g/mol. The van der Waals surface area contributed by atoms with E-state index in [2.05, 4.69) is 35.7 Å². The second-order valence-electron chi connectivity index (χ2n) is 7.41. The average Bonchev–Trinajstić information content (AvgIpc) is 2.70. The summed E-state index contributed by atoms with van der Waals surface area (Å²) >= 11 is 6.18. The molecule has 0 radical (unpaired) electrons. The van der Waals surface area contributed by atoms with Crippen LogP contribution in [-0.2, 0) is 14.6 Å². The summed E-state index contributed by atoms with van der Waals surface area (Å²) in [5.74, 6) is 0. The van der Waals surface area contributed by atoms with Crippen LogP contribution < -0.4 is 0 Å². The molecular weight excluding hydrogens is 402 g/mol. The molecule has 0 saturated carbocycles. The number of rotatable bonds is 5. The highest BCUT2D eigenvalue weighted by Crippen LogP contribution is 2.52. The molecule has 1 saturated heterocycles. The Hall–Kier alpha value is -2.56. The zero-order valence-corrected chi connectivity index (χ0v) is 17.7. The highest BCUT2D eigenvalue weighted by Gasteiger charge is 2.57. The number of halogens is 1. The van der Waals surface area contributed by atoms with Crippen molar-refractivity contribution in [3.05, 3.63) is 119 Å². The first-order valence-electron chi connectivity index (χ1n) is 9.36. The third-order valence-corrected chi connectivity index (χ3v) is 7.77. The fraction of sp³-hybridized carbons (Fsp3) is 0.167. The van der Waals surface area contributed by atoms with Crippen LogP contribution in [0, 0.1) is 0 Å². The summed E-state index contributed by atoms with van der Waals surface area (Å²) in [5, 5.41) is 0.513. The Morgan fingerprint density at radius 3 is 1.93 bits per heavy atom. The number of sulfone groups is 1. The first-order chi connectivity index (χ1) is 13.8. The quantitative estimate of drug-likeness (QED) is 0.566. The number of nitrogens with zero attached hydrogens (tertiary/aromatic N) is 1. The van der Waals surface area contributed by atoms with E-state index in [1.807, 2.05) is 42.5 Å². The predicted octanol–water partition coefficient (Wildman–Crippen LogP) is 5.20. The molecule has 1 aliphatic heterocycles. The molecular formula is C24H22ClNO2S. The van der Waals surface area contributed by atoms with Gasteiger partial charge in [-0.05, 0) is 28.8 Å². The monoisotopic (exact) mass is 423 g/mol. The van der Waals surface area contributed by atoms with Crippen LogP contribution in [0.25, 0.3) is 0 Å². The molecule has 4 rings (SSSR count). The molecule has 0 bridgehead atoms. The van der Waals surface area contributed by atoms with Crippen molar-refractivity contribution in [3.63, 3.8) is 0 Å². The van der Waals surface area contributed by atoms with Gasteiger partial charge in [-0.15, -0.1) is 0 Å². The lowest BCUT2D eigenvalue weighted by Crippen LogP contribution is -2.61. The SMILES string of the molecule is C=C1N(C(c2ccccc2)c2ccccc2)CC1(c1cccc(Cl)c1)S(C)(=O)=O. The van der Waals surface area contributed by atoms with Crippen LogP contribution in [0.1, 0.15) is 22.7 Å². The Labute approximate surface area is 177 Å². The van der Waals surface area contributed by atoms with E-state index in [0.29, 0.717) is 22.8 Å². The van der Waals surface area contributed by atoms with Gasteiger partial charge in [0.15, 0.2) is 14.6 Å². The molecule has 1 heterocycles. The lowest BCUT2D eigenvalue weighted by atomic mass is 9.82. The fourth-order valence-corrected chi connectivity index (χ4v) is 5.84. The number of benzene rings is 3. The van der Waals surface area contributed by atoms with Gasteiger partial charge >= 0.3 is 0 Å². The Balaban J connectivity index is 1.81. The van der Waals surface area contributed by atoms with Gasteiger partial charge in [-0.3, -0.25) is 0 Å². The van der Waals surface area contributed by atoms with Crippen molar-refractivity contribution in [1.29, 1.82) is 0 Å². The van der Waals surface area contributed by atoms with Gasteiger partial charge in [0.05, 0.1) is 6.04 Å². The van der Waals surface area contributed by atoms with Crippen molar-refractivity contribution >= 4 is 21.4 Å². The van der Waals surface area contributed by atoms with Crippen molar-refractivity contribution in [1.82, 2.24) is 4.90 Å². The fourth-order valence-electron chi connectivity index (χ4n) is 4.18. The lowest BCUT2D eigenvalue weighted by Gasteiger charge is -2.55.